The summed E-state index contributed by atoms with van der Waals surface area (Å²) in [6, 6.07) is 0. The summed E-state index contributed by atoms with van der Waals surface area (Å²) in [5, 5.41) is 29.0. The van der Waals surface area contributed by atoms with Crippen LogP contribution >= 0.6 is 0 Å². The molecule has 0 atom stereocenters. The smallest absolute Gasteiger partial charge is 0.307 e. The first-order valence-electron chi connectivity index (χ1n) is 5.30. The predicted molar refractivity (Wildman–Crippen MR) is 61.1 cm³/mol. The summed E-state index contributed by atoms with van der Waals surface area (Å²) in [6.45, 7) is 0. The summed E-state index contributed by atoms with van der Waals surface area (Å²) in [6.07, 6.45) is 6.21. The molecule has 0 aromatic carbocycles. The lowest BCUT2D eigenvalue weighted by Crippen LogP contribution is -2.22. The van der Waals surface area contributed by atoms with Gasteiger partial charge in [0.2, 0.25) is 0 Å². The fourth-order valence-electron chi connectivity index (χ4n) is 1.68. The van der Waals surface area contributed by atoms with Gasteiger partial charge in [0.05, 0.1) is 35.0 Å². The summed E-state index contributed by atoms with van der Waals surface area (Å²) in [7, 11) is 0. The Morgan fingerprint density at radius 2 is 2.00 bits per heavy atom. The molecule has 0 radical (unpaired) electrons. The average Bonchev–Trinajstić information content (AvgIpc) is 3.04. The summed E-state index contributed by atoms with van der Waals surface area (Å²) in [5.74, 6) is -1.38. The number of aromatic carboxylic acids is 1. The van der Waals surface area contributed by atoms with E-state index in [1.807, 2.05) is 0 Å². The molecule has 0 aliphatic heterocycles. The summed E-state index contributed by atoms with van der Waals surface area (Å²) in [5.41, 5.74) is 0.220. The van der Waals surface area contributed by atoms with E-state index in [1.165, 1.54) is 27.8 Å². The molecule has 3 heterocycles. The molecule has 0 aliphatic carbocycles. The van der Waals surface area contributed by atoms with Gasteiger partial charge in [0.25, 0.3) is 0 Å². The Morgan fingerprint density at radius 3 is 2.65 bits per heavy atom. The lowest BCUT2D eigenvalue weighted by molar-refractivity contribution is -0.384. The van der Waals surface area contributed by atoms with Crippen molar-refractivity contribution in [3.63, 3.8) is 0 Å². The standard InChI is InChI=1S/C10H6N6O4/c17-10(18)8-3-13-15-4-6(1-11-9(8)15)14-5-7(2-12-14)16(19)20/h1-5H,(H,17,18)/p-1. The Balaban J connectivity index is 2.08. The molecule has 0 aliphatic rings. The van der Waals surface area contributed by atoms with Crippen LogP contribution in [0.4, 0.5) is 5.69 Å². The van der Waals surface area contributed by atoms with Crippen LogP contribution in [0.1, 0.15) is 10.4 Å². The molecule has 0 saturated carbocycles. The molecule has 0 saturated heterocycles. The van der Waals surface area contributed by atoms with Crippen molar-refractivity contribution in [2.45, 2.75) is 0 Å². The van der Waals surface area contributed by atoms with Crippen LogP contribution in [0.25, 0.3) is 11.3 Å². The van der Waals surface area contributed by atoms with Crippen LogP contribution in [0.3, 0.4) is 0 Å². The third kappa shape index (κ3) is 1.75. The van der Waals surface area contributed by atoms with Crippen molar-refractivity contribution in [1.29, 1.82) is 0 Å². The van der Waals surface area contributed by atoms with Gasteiger partial charge < -0.3 is 9.90 Å². The van der Waals surface area contributed by atoms with Gasteiger partial charge in [-0.25, -0.2) is 14.2 Å². The van der Waals surface area contributed by atoms with E-state index in [0.29, 0.717) is 5.69 Å². The first-order valence-corrected chi connectivity index (χ1v) is 5.30. The van der Waals surface area contributed by atoms with E-state index in [1.54, 1.807) is 0 Å². The first kappa shape index (κ1) is 11.8. The molecule has 0 unspecified atom stereocenters. The molecule has 100 valence electrons. The highest BCUT2D eigenvalue weighted by molar-refractivity contribution is 5.92. The Kier molecular flexibility index (Phi) is 2.42. The molecule has 0 spiro atoms. The van der Waals surface area contributed by atoms with Crippen molar-refractivity contribution in [3.8, 4) is 5.69 Å². The number of carboxylic acids is 1. The topological polar surface area (TPSA) is 131 Å². The molecule has 10 heteroatoms. The molecule has 0 N–H and O–H groups in total. The van der Waals surface area contributed by atoms with Crippen molar-refractivity contribution in [2.24, 2.45) is 0 Å². The third-order valence-electron chi connectivity index (χ3n) is 2.61. The Bertz CT molecular complexity index is 835. The maximum Gasteiger partial charge on any atom is 0.307 e. The minimum Gasteiger partial charge on any atom is -0.545 e. The van der Waals surface area contributed by atoms with Crippen LogP contribution < -0.4 is 5.11 Å². The normalized spacial score (nSPS) is 10.8. The van der Waals surface area contributed by atoms with E-state index in [-0.39, 0.29) is 16.9 Å². The maximum absolute atomic E-state index is 10.8. The van der Waals surface area contributed by atoms with Crippen molar-refractivity contribution in [1.82, 2.24) is 24.4 Å². The molecule has 20 heavy (non-hydrogen) atoms. The third-order valence-corrected chi connectivity index (χ3v) is 2.61. The number of carboxylic acid groups (broad SMARTS) is 1. The van der Waals surface area contributed by atoms with Gasteiger partial charge >= 0.3 is 5.69 Å². The fourth-order valence-corrected chi connectivity index (χ4v) is 1.68. The number of fused-ring (bicyclic) bond motifs is 1. The molecule has 0 bridgehead atoms. The molecule has 3 aromatic rings. The van der Waals surface area contributed by atoms with Crippen LogP contribution in [0.5, 0.6) is 0 Å². The quantitative estimate of drug-likeness (QED) is 0.450. The SMILES string of the molecule is O=C([O-])c1cnn2cc(-n3cc([N+](=O)[O-])cn3)cnc12. The highest BCUT2D eigenvalue weighted by atomic mass is 16.6. The molecular weight excluding hydrogens is 268 g/mol. The van der Waals surface area contributed by atoms with E-state index in [2.05, 4.69) is 15.2 Å². The van der Waals surface area contributed by atoms with Gasteiger partial charge in [-0.3, -0.25) is 10.1 Å². The van der Waals surface area contributed by atoms with Gasteiger partial charge in [0.1, 0.15) is 18.1 Å². The largest absolute Gasteiger partial charge is 0.545 e. The fraction of sp³-hybridized carbons (Fsp3) is 0. The van der Waals surface area contributed by atoms with Crippen LogP contribution in [-0.2, 0) is 0 Å². The van der Waals surface area contributed by atoms with Crippen LogP contribution in [0, 0.1) is 10.1 Å². The van der Waals surface area contributed by atoms with E-state index in [4.69, 9.17) is 0 Å². The van der Waals surface area contributed by atoms with Crippen LogP contribution in [-0.4, -0.2) is 35.3 Å². The molecule has 0 amide bonds. The van der Waals surface area contributed by atoms with E-state index >= 15 is 0 Å². The molecular formula is C10H5N6O4-. The van der Waals surface area contributed by atoms with E-state index < -0.39 is 10.9 Å². The van der Waals surface area contributed by atoms with E-state index in [0.717, 1.165) is 12.4 Å². The van der Waals surface area contributed by atoms with Gasteiger partial charge in [-0.05, 0) is 0 Å². The predicted octanol–water partition coefficient (Wildman–Crippen LogP) is -0.813. The van der Waals surface area contributed by atoms with Crippen LogP contribution in [0.2, 0.25) is 0 Å². The second-order valence-corrected chi connectivity index (χ2v) is 3.83. The van der Waals surface area contributed by atoms with Crippen LogP contribution in [0.15, 0.2) is 31.0 Å². The van der Waals surface area contributed by atoms with Crippen molar-refractivity contribution in [2.75, 3.05) is 0 Å². The summed E-state index contributed by atoms with van der Waals surface area (Å²) < 4.78 is 2.47. The average molecular weight is 273 g/mol. The number of hydrogen-bond donors (Lipinski definition) is 0. The minimum absolute atomic E-state index is 0.121. The highest BCUT2D eigenvalue weighted by Crippen LogP contribution is 2.14. The Morgan fingerprint density at radius 1 is 1.20 bits per heavy atom. The zero-order chi connectivity index (χ0) is 14.3. The minimum atomic E-state index is -1.38. The number of nitro groups is 1. The van der Waals surface area contributed by atoms with Crippen molar-refractivity contribution >= 4 is 17.3 Å². The zero-order valence-corrected chi connectivity index (χ0v) is 9.70. The molecule has 0 fully saturated rings. The lowest BCUT2D eigenvalue weighted by Gasteiger charge is -2.02. The Labute approximate surface area is 110 Å². The Hall–Kier alpha value is -3.30. The molecule has 3 aromatic heterocycles. The van der Waals surface area contributed by atoms with E-state index in [9.17, 15) is 20.0 Å². The van der Waals surface area contributed by atoms with Gasteiger partial charge in [0.15, 0.2) is 5.65 Å². The number of carbonyl (C=O) groups is 1. The van der Waals surface area contributed by atoms with Gasteiger partial charge in [-0.15, -0.1) is 0 Å². The molecule has 10 nitrogen and oxygen atoms in total. The maximum atomic E-state index is 10.8. The zero-order valence-electron chi connectivity index (χ0n) is 9.70. The number of nitrogens with zero attached hydrogens (tertiary/aromatic N) is 6. The second kappa shape index (κ2) is 4.12. The van der Waals surface area contributed by atoms with Crippen molar-refractivity contribution in [3.05, 3.63) is 46.7 Å². The number of rotatable bonds is 3. The first-order chi connectivity index (χ1) is 9.56. The number of hydrogen-bond acceptors (Lipinski definition) is 7. The van der Waals surface area contributed by atoms with Gasteiger partial charge in [0, 0.05) is 0 Å². The second-order valence-electron chi connectivity index (χ2n) is 3.83. The monoisotopic (exact) mass is 273 g/mol. The van der Waals surface area contributed by atoms with Gasteiger partial charge in [-0.1, -0.05) is 0 Å². The highest BCUT2D eigenvalue weighted by Gasteiger charge is 2.12. The summed E-state index contributed by atoms with van der Waals surface area (Å²) >= 11 is 0. The van der Waals surface area contributed by atoms with Gasteiger partial charge in [-0.2, -0.15) is 10.2 Å². The number of aromatic nitrogens is 5. The number of carbonyl (C=O) groups excluding carboxylic acids is 1. The summed E-state index contributed by atoms with van der Waals surface area (Å²) in [4.78, 5) is 24.8. The molecule has 3 rings (SSSR count). The van der Waals surface area contributed by atoms with Crippen molar-refractivity contribution < 1.29 is 14.8 Å². The lowest BCUT2D eigenvalue weighted by atomic mass is 10.3.